The molecule has 0 heterocycles. The Kier molecular flexibility index (Phi) is 8.02. The Bertz CT molecular complexity index is 546. The number of benzene rings is 2. The van der Waals surface area contributed by atoms with Crippen LogP contribution in [0.3, 0.4) is 0 Å². The molecule has 0 unspecified atom stereocenters. The van der Waals surface area contributed by atoms with Gasteiger partial charge in [-0.3, -0.25) is 0 Å². The van der Waals surface area contributed by atoms with Gasteiger partial charge in [0.1, 0.15) is 0 Å². The zero-order valence-corrected chi connectivity index (χ0v) is 13.9. The number of carboxylic acid groups (broad SMARTS) is 2. The van der Waals surface area contributed by atoms with Crippen LogP contribution in [0.15, 0.2) is 60.7 Å². The second kappa shape index (κ2) is 8.43. The molecule has 0 N–H and O–H groups in total. The molecule has 0 amide bonds. The fourth-order valence-electron chi connectivity index (χ4n) is 2.10. The van der Waals surface area contributed by atoms with Gasteiger partial charge < -0.3 is 19.8 Å². The molecule has 0 aliphatic carbocycles. The van der Waals surface area contributed by atoms with Crippen LogP contribution in [0.4, 0.5) is 0 Å². The van der Waals surface area contributed by atoms with Gasteiger partial charge in [0.05, 0.1) is 17.4 Å². The molecule has 21 heavy (non-hydrogen) atoms. The molecule has 2 rings (SSSR count). The van der Waals surface area contributed by atoms with E-state index in [9.17, 15) is 19.8 Å². The van der Waals surface area contributed by atoms with Gasteiger partial charge in [-0.15, -0.1) is 0 Å². The van der Waals surface area contributed by atoms with Gasteiger partial charge in [-0.05, 0) is 11.1 Å². The van der Waals surface area contributed by atoms with Crippen LogP contribution < -0.4 is 58.6 Å². The maximum atomic E-state index is 11.5. The van der Waals surface area contributed by atoms with Crippen molar-refractivity contribution in [2.45, 2.75) is 5.41 Å². The van der Waals surface area contributed by atoms with Gasteiger partial charge in [0.25, 0.3) is 0 Å². The van der Waals surface area contributed by atoms with Crippen LogP contribution in [0, 0.1) is 0 Å². The number of carbonyl (C=O) groups is 2. The summed E-state index contributed by atoms with van der Waals surface area (Å²) in [6.45, 7) is 0. The topological polar surface area (TPSA) is 80.3 Å². The van der Waals surface area contributed by atoms with E-state index in [1.54, 1.807) is 36.4 Å². The minimum Gasteiger partial charge on any atom is -0.548 e. The summed E-state index contributed by atoms with van der Waals surface area (Å²) < 4.78 is 0. The van der Waals surface area contributed by atoms with Crippen molar-refractivity contribution in [2.75, 3.05) is 0 Å². The van der Waals surface area contributed by atoms with Crippen LogP contribution in [0.25, 0.3) is 0 Å². The maximum Gasteiger partial charge on any atom is 1.00 e. The molecule has 0 radical (unpaired) electrons. The van der Waals surface area contributed by atoms with Crippen LogP contribution in [0.5, 0.6) is 0 Å². The molecule has 0 atom stereocenters. The zero-order chi connectivity index (χ0) is 13.9. The number of carboxylic acids is 2. The Labute approximate surface area is 156 Å². The van der Waals surface area contributed by atoms with Gasteiger partial charge >= 0.3 is 48.4 Å². The average molecular weight is 284 g/mol. The monoisotopic (exact) mass is 284 g/mol. The summed E-state index contributed by atoms with van der Waals surface area (Å²) in [5.74, 6) is -3.44. The van der Waals surface area contributed by atoms with Crippen LogP contribution in [0.2, 0.25) is 0 Å². The molecule has 96 valence electrons. The van der Waals surface area contributed by atoms with E-state index < -0.39 is 17.4 Å². The van der Waals surface area contributed by atoms with Crippen molar-refractivity contribution in [3.63, 3.8) is 0 Å². The minimum absolute atomic E-state index is 0. The Morgan fingerprint density at radius 2 is 1.00 bits per heavy atom. The Morgan fingerprint density at radius 1 is 0.714 bits per heavy atom. The fourth-order valence-corrected chi connectivity index (χ4v) is 2.10. The van der Waals surface area contributed by atoms with E-state index in [0.717, 1.165) is 0 Å². The summed E-state index contributed by atoms with van der Waals surface area (Å²) >= 11 is 0. The third kappa shape index (κ3) is 3.60. The number of rotatable bonds is 4. The van der Waals surface area contributed by atoms with E-state index in [1.807, 2.05) is 0 Å². The van der Waals surface area contributed by atoms with Gasteiger partial charge in [0.2, 0.25) is 0 Å². The van der Waals surface area contributed by atoms with Crippen LogP contribution >= 0.6 is 0 Å². The first-order valence-corrected chi connectivity index (χ1v) is 5.64. The number of hydrogen-bond acceptors (Lipinski definition) is 4. The van der Waals surface area contributed by atoms with Crippen molar-refractivity contribution in [2.24, 2.45) is 0 Å². The smallest absolute Gasteiger partial charge is 0.548 e. The molecular weight excluding hydrogens is 274 g/mol. The van der Waals surface area contributed by atoms with Crippen molar-refractivity contribution in [1.82, 2.24) is 0 Å². The normalized spacial score (nSPS) is 9.90. The molecule has 0 aliphatic rings. The molecule has 0 fully saturated rings. The first-order valence-electron chi connectivity index (χ1n) is 5.64. The van der Waals surface area contributed by atoms with Crippen molar-refractivity contribution in [3.8, 4) is 0 Å². The maximum absolute atomic E-state index is 11.5. The molecule has 0 saturated carbocycles. The molecule has 2 aromatic carbocycles. The van der Waals surface area contributed by atoms with E-state index in [0.29, 0.717) is 0 Å². The standard InChI is InChI=1S/C15H12O4.Li.Na/c16-13(17)15(14(18)19,11-7-3-1-4-8-11)12-9-5-2-6-10-12;;/h1-10H,(H,16,17)(H,18,19);;/q;2*+1/p-2. The van der Waals surface area contributed by atoms with Gasteiger partial charge in [-0.25, -0.2) is 0 Å². The molecule has 0 aliphatic heterocycles. The molecule has 0 saturated heterocycles. The van der Waals surface area contributed by atoms with E-state index >= 15 is 0 Å². The van der Waals surface area contributed by atoms with E-state index in [-0.39, 0.29) is 59.5 Å². The Balaban J connectivity index is 0.00000200. The van der Waals surface area contributed by atoms with Gasteiger partial charge in [-0.2, -0.15) is 0 Å². The van der Waals surface area contributed by atoms with Gasteiger partial charge in [0, 0.05) is 0 Å². The van der Waals surface area contributed by atoms with E-state index in [4.69, 9.17) is 0 Å². The summed E-state index contributed by atoms with van der Waals surface area (Å²) in [6.07, 6.45) is 0. The number of aliphatic carboxylic acids is 2. The van der Waals surface area contributed by atoms with Crippen LogP contribution in [-0.4, -0.2) is 11.9 Å². The largest absolute Gasteiger partial charge is 1.00 e. The molecular formula is C15H10LiNaO4. The molecule has 0 spiro atoms. The van der Waals surface area contributed by atoms with Crippen molar-refractivity contribution < 1.29 is 68.2 Å². The predicted octanol–water partition coefficient (Wildman–Crippen LogP) is -6.52. The third-order valence-electron chi connectivity index (χ3n) is 3.03. The molecule has 2 aromatic rings. The summed E-state index contributed by atoms with van der Waals surface area (Å²) in [7, 11) is 0. The van der Waals surface area contributed by atoms with E-state index in [1.165, 1.54) is 24.3 Å². The quantitative estimate of drug-likeness (QED) is 0.413. The summed E-state index contributed by atoms with van der Waals surface area (Å²) in [4.78, 5) is 23.1. The first kappa shape index (κ1) is 20.0. The van der Waals surface area contributed by atoms with Crippen molar-refractivity contribution in [3.05, 3.63) is 71.8 Å². The predicted molar refractivity (Wildman–Crippen MR) is 63.7 cm³/mol. The summed E-state index contributed by atoms with van der Waals surface area (Å²) in [5, 5.41) is 23.1. The van der Waals surface area contributed by atoms with E-state index in [2.05, 4.69) is 0 Å². The second-order valence-electron chi connectivity index (χ2n) is 4.06. The molecule has 4 nitrogen and oxygen atoms in total. The SMILES string of the molecule is O=C([O-])C(C(=O)[O-])(c1ccccc1)c1ccccc1.[Li+].[Na+]. The van der Waals surface area contributed by atoms with Crippen LogP contribution in [-0.2, 0) is 15.0 Å². The summed E-state index contributed by atoms with van der Waals surface area (Å²) in [6, 6.07) is 15.3. The Morgan fingerprint density at radius 3 is 1.24 bits per heavy atom. The van der Waals surface area contributed by atoms with Crippen molar-refractivity contribution in [1.29, 1.82) is 0 Å². The molecule has 0 bridgehead atoms. The zero-order valence-electron chi connectivity index (χ0n) is 11.9. The summed E-state index contributed by atoms with van der Waals surface area (Å²) in [5.41, 5.74) is -2.11. The number of carbonyl (C=O) groups excluding carboxylic acids is 2. The average Bonchev–Trinajstić information content (AvgIpc) is 2.41. The van der Waals surface area contributed by atoms with Gasteiger partial charge in [0.15, 0.2) is 0 Å². The first-order chi connectivity index (χ1) is 9.10. The van der Waals surface area contributed by atoms with Gasteiger partial charge in [-0.1, -0.05) is 60.7 Å². The van der Waals surface area contributed by atoms with Crippen molar-refractivity contribution >= 4 is 11.9 Å². The van der Waals surface area contributed by atoms with Crippen LogP contribution in [0.1, 0.15) is 11.1 Å². The third-order valence-corrected chi connectivity index (χ3v) is 3.03. The number of hydrogen-bond donors (Lipinski definition) is 0. The minimum atomic E-state index is -2.30. The molecule has 6 heteroatoms. The second-order valence-corrected chi connectivity index (χ2v) is 4.06. The fraction of sp³-hybridized carbons (Fsp3) is 0.0667. The molecule has 0 aromatic heterocycles. The Hall–Kier alpha value is -1.02.